The van der Waals surface area contributed by atoms with E-state index >= 15 is 0 Å². The molecule has 0 saturated carbocycles. The minimum atomic E-state index is -0.300. The molecule has 19 heavy (non-hydrogen) atoms. The maximum atomic E-state index is 12.1. The van der Waals surface area contributed by atoms with Gasteiger partial charge in [-0.05, 0) is 39.0 Å². The van der Waals surface area contributed by atoms with Crippen molar-refractivity contribution in [3.63, 3.8) is 0 Å². The first-order valence-corrected chi connectivity index (χ1v) is 5.95. The van der Waals surface area contributed by atoms with Crippen molar-refractivity contribution in [1.29, 1.82) is 0 Å². The largest absolute Gasteiger partial charge is 0.398 e. The molecule has 3 N–H and O–H groups in total. The Kier molecular flexibility index (Phi) is 3.46. The number of rotatable bonds is 2. The fourth-order valence-corrected chi connectivity index (χ4v) is 1.82. The number of hydrogen-bond donors (Lipinski definition) is 2. The van der Waals surface area contributed by atoms with Crippen LogP contribution in [0.1, 0.15) is 27.3 Å². The maximum absolute atomic E-state index is 12.1. The number of carbonyl (C=O) groups excluding carboxylic acids is 1. The van der Waals surface area contributed by atoms with E-state index in [4.69, 9.17) is 5.73 Å². The molecule has 0 radical (unpaired) electrons. The summed E-state index contributed by atoms with van der Waals surface area (Å²) in [6.07, 6.45) is 0. The molecule has 0 saturated heterocycles. The van der Waals surface area contributed by atoms with E-state index in [0.717, 1.165) is 17.0 Å². The molecule has 0 aliphatic carbocycles. The molecule has 1 amide bonds. The summed E-state index contributed by atoms with van der Waals surface area (Å²) >= 11 is 0. The third-order valence-corrected chi connectivity index (χ3v) is 2.66. The van der Waals surface area contributed by atoms with Gasteiger partial charge >= 0.3 is 0 Å². The van der Waals surface area contributed by atoms with E-state index < -0.39 is 0 Å². The number of nitrogens with two attached hydrogens (primary N) is 1. The molecule has 2 rings (SSSR count). The molecule has 98 valence electrons. The molecular formula is C14H16N4O. The minimum Gasteiger partial charge on any atom is -0.398 e. The Bertz CT molecular complexity index is 617. The molecule has 1 aromatic carbocycles. The summed E-state index contributed by atoms with van der Waals surface area (Å²) in [5, 5.41) is 2.67. The number of aromatic nitrogens is 2. The molecule has 0 aliphatic rings. The fraction of sp³-hybridized carbons (Fsp3) is 0.214. The van der Waals surface area contributed by atoms with Crippen molar-refractivity contribution < 1.29 is 4.79 Å². The van der Waals surface area contributed by atoms with Crippen LogP contribution >= 0.6 is 0 Å². The maximum Gasteiger partial charge on any atom is 0.260 e. The Hall–Kier alpha value is -2.43. The molecule has 0 fully saturated rings. The Morgan fingerprint density at radius 1 is 1.11 bits per heavy atom. The van der Waals surface area contributed by atoms with Crippen LogP contribution in [0, 0.1) is 20.8 Å². The van der Waals surface area contributed by atoms with Gasteiger partial charge in [0.05, 0.1) is 5.56 Å². The van der Waals surface area contributed by atoms with E-state index in [0.29, 0.717) is 17.2 Å². The lowest BCUT2D eigenvalue weighted by Gasteiger charge is -2.08. The Morgan fingerprint density at radius 2 is 1.74 bits per heavy atom. The Morgan fingerprint density at radius 3 is 2.37 bits per heavy atom. The summed E-state index contributed by atoms with van der Waals surface area (Å²) in [5.74, 6) is -0.00499. The molecule has 0 bridgehead atoms. The van der Waals surface area contributed by atoms with Gasteiger partial charge in [0.2, 0.25) is 5.95 Å². The van der Waals surface area contributed by atoms with Gasteiger partial charge in [-0.25, -0.2) is 9.97 Å². The second kappa shape index (κ2) is 5.06. The van der Waals surface area contributed by atoms with Crippen LogP contribution in [0.3, 0.4) is 0 Å². The van der Waals surface area contributed by atoms with Crippen LogP contribution in [0.5, 0.6) is 0 Å². The highest BCUT2D eigenvalue weighted by Gasteiger charge is 2.11. The van der Waals surface area contributed by atoms with E-state index in [1.165, 1.54) is 0 Å². The number of benzene rings is 1. The second-order valence-electron chi connectivity index (χ2n) is 4.52. The van der Waals surface area contributed by atoms with Crippen LogP contribution in [-0.4, -0.2) is 15.9 Å². The predicted molar refractivity (Wildman–Crippen MR) is 75.1 cm³/mol. The average Bonchev–Trinajstić information content (AvgIpc) is 2.30. The van der Waals surface area contributed by atoms with Gasteiger partial charge in [0.1, 0.15) is 0 Å². The average molecular weight is 256 g/mol. The number of amides is 1. The van der Waals surface area contributed by atoms with Crippen LogP contribution in [0.2, 0.25) is 0 Å². The van der Waals surface area contributed by atoms with Gasteiger partial charge in [-0.2, -0.15) is 0 Å². The van der Waals surface area contributed by atoms with Crippen molar-refractivity contribution >= 4 is 17.5 Å². The monoisotopic (exact) mass is 256 g/mol. The number of carbonyl (C=O) groups is 1. The molecule has 0 spiro atoms. The summed E-state index contributed by atoms with van der Waals surface area (Å²) in [4.78, 5) is 20.5. The lowest BCUT2D eigenvalue weighted by molar-refractivity contribution is 0.102. The number of hydrogen-bond acceptors (Lipinski definition) is 4. The minimum absolute atomic E-state index is 0.295. The molecule has 5 heteroatoms. The van der Waals surface area contributed by atoms with Crippen molar-refractivity contribution in [2.45, 2.75) is 20.8 Å². The van der Waals surface area contributed by atoms with E-state index in [1.54, 1.807) is 12.1 Å². The molecule has 5 nitrogen and oxygen atoms in total. The molecule has 0 aliphatic heterocycles. The standard InChI is InChI=1S/C14H16N4O/c1-8-4-5-12(15)11(6-8)13(19)18-14-16-9(2)7-10(3)17-14/h4-7H,15H2,1-3H3,(H,16,17,18,19). The first-order valence-electron chi connectivity index (χ1n) is 5.95. The zero-order valence-corrected chi connectivity index (χ0v) is 11.2. The van der Waals surface area contributed by atoms with Crippen LogP contribution in [0.15, 0.2) is 24.3 Å². The quantitative estimate of drug-likeness (QED) is 0.807. The molecule has 1 heterocycles. The van der Waals surface area contributed by atoms with Crippen LogP contribution in [0.25, 0.3) is 0 Å². The Labute approximate surface area is 111 Å². The number of nitrogens with zero attached hydrogens (tertiary/aromatic N) is 2. The zero-order chi connectivity index (χ0) is 14.0. The summed E-state index contributed by atoms with van der Waals surface area (Å²) in [6, 6.07) is 7.16. The predicted octanol–water partition coefficient (Wildman–Crippen LogP) is 2.24. The normalized spacial score (nSPS) is 10.3. The smallest absolute Gasteiger partial charge is 0.260 e. The molecule has 1 aromatic heterocycles. The number of anilines is 2. The lowest BCUT2D eigenvalue weighted by atomic mass is 10.1. The van der Waals surface area contributed by atoms with Crippen LogP contribution < -0.4 is 11.1 Å². The number of nitrogens with one attached hydrogen (secondary N) is 1. The van der Waals surface area contributed by atoms with Gasteiger partial charge in [0.25, 0.3) is 5.91 Å². The summed E-state index contributed by atoms with van der Waals surface area (Å²) in [5.41, 5.74) is 9.26. The molecular weight excluding hydrogens is 240 g/mol. The van der Waals surface area contributed by atoms with E-state index in [-0.39, 0.29) is 5.91 Å². The highest BCUT2D eigenvalue weighted by Crippen LogP contribution is 2.15. The highest BCUT2D eigenvalue weighted by molar-refractivity contribution is 6.07. The van der Waals surface area contributed by atoms with Gasteiger partial charge in [-0.1, -0.05) is 11.6 Å². The van der Waals surface area contributed by atoms with Gasteiger partial charge in [-0.3, -0.25) is 10.1 Å². The van der Waals surface area contributed by atoms with Crippen molar-refractivity contribution in [1.82, 2.24) is 9.97 Å². The first-order chi connectivity index (χ1) is 8.95. The van der Waals surface area contributed by atoms with Gasteiger partial charge in [-0.15, -0.1) is 0 Å². The van der Waals surface area contributed by atoms with Crippen molar-refractivity contribution in [2.24, 2.45) is 0 Å². The van der Waals surface area contributed by atoms with Gasteiger partial charge in [0, 0.05) is 17.1 Å². The summed E-state index contributed by atoms with van der Waals surface area (Å²) in [7, 11) is 0. The number of nitrogen functional groups attached to an aromatic ring is 1. The lowest BCUT2D eigenvalue weighted by Crippen LogP contribution is -2.16. The van der Waals surface area contributed by atoms with Gasteiger partial charge in [0.15, 0.2) is 0 Å². The summed E-state index contributed by atoms with van der Waals surface area (Å²) < 4.78 is 0. The molecule has 2 aromatic rings. The topological polar surface area (TPSA) is 80.9 Å². The van der Waals surface area contributed by atoms with Crippen molar-refractivity contribution in [2.75, 3.05) is 11.1 Å². The van der Waals surface area contributed by atoms with E-state index in [2.05, 4.69) is 15.3 Å². The first kappa shape index (κ1) is 13.0. The van der Waals surface area contributed by atoms with E-state index in [1.807, 2.05) is 32.9 Å². The number of aryl methyl sites for hydroxylation is 3. The zero-order valence-electron chi connectivity index (χ0n) is 11.2. The Balaban J connectivity index is 2.28. The third-order valence-electron chi connectivity index (χ3n) is 2.66. The third kappa shape index (κ3) is 3.07. The van der Waals surface area contributed by atoms with E-state index in [9.17, 15) is 4.79 Å². The van der Waals surface area contributed by atoms with Crippen LogP contribution in [0.4, 0.5) is 11.6 Å². The van der Waals surface area contributed by atoms with Crippen LogP contribution in [-0.2, 0) is 0 Å². The SMILES string of the molecule is Cc1ccc(N)c(C(=O)Nc2nc(C)cc(C)n2)c1. The fourth-order valence-electron chi connectivity index (χ4n) is 1.82. The highest BCUT2D eigenvalue weighted by atomic mass is 16.1. The van der Waals surface area contributed by atoms with Gasteiger partial charge < -0.3 is 5.73 Å². The van der Waals surface area contributed by atoms with Crippen molar-refractivity contribution in [3.05, 3.63) is 46.8 Å². The second-order valence-corrected chi connectivity index (χ2v) is 4.52. The van der Waals surface area contributed by atoms with Crippen molar-refractivity contribution in [3.8, 4) is 0 Å². The molecule has 0 atom stereocenters. The summed E-state index contributed by atoms with van der Waals surface area (Å²) in [6.45, 7) is 5.61. The molecule has 0 unspecified atom stereocenters.